The maximum absolute atomic E-state index is 12.4. The smallest absolute Gasteiger partial charge is 0.256 e. The second kappa shape index (κ2) is 6.39. The third-order valence-corrected chi connectivity index (χ3v) is 3.54. The van der Waals surface area contributed by atoms with Gasteiger partial charge in [0.15, 0.2) is 0 Å². The maximum atomic E-state index is 12.4. The number of aryl methyl sites for hydroxylation is 1. The van der Waals surface area contributed by atoms with Gasteiger partial charge >= 0.3 is 0 Å². The third kappa shape index (κ3) is 3.26. The van der Waals surface area contributed by atoms with Crippen LogP contribution in [0.2, 0.25) is 0 Å². The first-order valence-electron chi connectivity index (χ1n) is 7.31. The van der Waals surface area contributed by atoms with E-state index in [1.807, 2.05) is 19.1 Å². The molecule has 0 aliphatic heterocycles. The monoisotopic (exact) mass is 308 g/mol. The SMILES string of the molecule is Cc1ccc2c(=O)c(C(=O)NCCc3cccnc3)c[nH]c2n1. The van der Waals surface area contributed by atoms with E-state index in [1.54, 1.807) is 24.5 Å². The molecule has 3 rings (SSSR count). The molecule has 0 aromatic carbocycles. The number of hydrogen-bond donors (Lipinski definition) is 2. The lowest BCUT2D eigenvalue weighted by molar-refractivity contribution is 0.0953. The molecule has 2 N–H and O–H groups in total. The standard InChI is InChI=1S/C17H16N4O2/c1-11-4-5-13-15(22)14(10-20-16(13)21-11)17(23)19-8-6-12-3-2-7-18-9-12/h2-5,7,9-10H,6,8H2,1H3,(H,19,23)(H,20,21,22). The summed E-state index contributed by atoms with van der Waals surface area (Å²) in [6.07, 6.45) is 5.53. The molecule has 3 heterocycles. The van der Waals surface area contributed by atoms with E-state index in [9.17, 15) is 9.59 Å². The van der Waals surface area contributed by atoms with Crippen LogP contribution in [-0.2, 0) is 6.42 Å². The van der Waals surface area contributed by atoms with E-state index in [0.29, 0.717) is 24.0 Å². The summed E-state index contributed by atoms with van der Waals surface area (Å²) in [4.78, 5) is 35.8. The Labute approximate surface area is 132 Å². The Balaban J connectivity index is 1.75. The lowest BCUT2D eigenvalue weighted by atomic mass is 10.1. The fourth-order valence-corrected chi connectivity index (χ4v) is 2.33. The molecule has 0 aliphatic rings. The fourth-order valence-electron chi connectivity index (χ4n) is 2.33. The van der Waals surface area contributed by atoms with Crippen molar-refractivity contribution in [1.29, 1.82) is 0 Å². The average molecular weight is 308 g/mol. The number of H-pyrrole nitrogens is 1. The van der Waals surface area contributed by atoms with E-state index in [0.717, 1.165) is 11.3 Å². The van der Waals surface area contributed by atoms with E-state index < -0.39 is 5.91 Å². The van der Waals surface area contributed by atoms with Crippen molar-refractivity contribution in [3.63, 3.8) is 0 Å². The molecule has 0 radical (unpaired) electrons. The van der Waals surface area contributed by atoms with Crippen LogP contribution < -0.4 is 10.7 Å². The molecule has 116 valence electrons. The molecule has 0 unspecified atom stereocenters. The largest absolute Gasteiger partial charge is 0.352 e. The van der Waals surface area contributed by atoms with E-state index in [4.69, 9.17) is 0 Å². The molecule has 0 aliphatic carbocycles. The Morgan fingerprint density at radius 3 is 2.96 bits per heavy atom. The Kier molecular flexibility index (Phi) is 4.14. The molecule has 23 heavy (non-hydrogen) atoms. The van der Waals surface area contributed by atoms with Crippen LogP contribution in [0.5, 0.6) is 0 Å². The lowest BCUT2D eigenvalue weighted by Crippen LogP contribution is -2.30. The number of fused-ring (bicyclic) bond motifs is 1. The molecule has 0 saturated carbocycles. The average Bonchev–Trinajstić information content (AvgIpc) is 2.56. The molecule has 3 aromatic heterocycles. The summed E-state index contributed by atoms with van der Waals surface area (Å²) in [7, 11) is 0. The first-order chi connectivity index (χ1) is 11.1. The highest BCUT2D eigenvalue weighted by molar-refractivity contribution is 5.96. The van der Waals surface area contributed by atoms with Crippen LogP contribution in [-0.4, -0.2) is 27.4 Å². The molecule has 0 bridgehead atoms. The van der Waals surface area contributed by atoms with Crippen LogP contribution in [0.15, 0.2) is 47.7 Å². The summed E-state index contributed by atoms with van der Waals surface area (Å²) >= 11 is 0. The van der Waals surface area contributed by atoms with Crippen LogP contribution >= 0.6 is 0 Å². The van der Waals surface area contributed by atoms with Gasteiger partial charge in [-0.05, 0) is 37.1 Å². The summed E-state index contributed by atoms with van der Waals surface area (Å²) in [6, 6.07) is 7.22. The number of aromatic amines is 1. The number of pyridine rings is 3. The van der Waals surface area contributed by atoms with E-state index in [-0.39, 0.29) is 11.0 Å². The maximum Gasteiger partial charge on any atom is 0.256 e. The van der Waals surface area contributed by atoms with Gasteiger partial charge in [-0.3, -0.25) is 14.6 Å². The van der Waals surface area contributed by atoms with Gasteiger partial charge in [-0.15, -0.1) is 0 Å². The Morgan fingerprint density at radius 1 is 1.30 bits per heavy atom. The summed E-state index contributed by atoms with van der Waals surface area (Å²) in [5.41, 5.74) is 2.10. The molecular weight excluding hydrogens is 292 g/mol. The quantitative estimate of drug-likeness (QED) is 0.766. The van der Waals surface area contributed by atoms with Crippen molar-refractivity contribution in [2.45, 2.75) is 13.3 Å². The fraction of sp³-hybridized carbons (Fsp3) is 0.176. The van der Waals surface area contributed by atoms with Gasteiger partial charge in [0.25, 0.3) is 5.91 Å². The number of nitrogens with zero attached hydrogens (tertiary/aromatic N) is 2. The van der Waals surface area contributed by atoms with Crippen LogP contribution in [0, 0.1) is 6.92 Å². The molecule has 6 nitrogen and oxygen atoms in total. The van der Waals surface area contributed by atoms with Gasteiger partial charge < -0.3 is 10.3 Å². The molecule has 0 fully saturated rings. The van der Waals surface area contributed by atoms with E-state index in [2.05, 4.69) is 20.3 Å². The molecular formula is C17H16N4O2. The minimum absolute atomic E-state index is 0.0920. The van der Waals surface area contributed by atoms with Crippen molar-refractivity contribution in [3.8, 4) is 0 Å². The molecule has 1 amide bonds. The number of carbonyl (C=O) groups excluding carboxylic acids is 1. The van der Waals surface area contributed by atoms with Crippen LogP contribution in [0.1, 0.15) is 21.6 Å². The highest BCUT2D eigenvalue weighted by Gasteiger charge is 2.13. The molecule has 0 atom stereocenters. The molecule has 3 aromatic rings. The zero-order chi connectivity index (χ0) is 16.2. The van der Waals surface area contributed by atoms with Crippen molar-refractivity contribution in [3.05, 3.63) is 69.9 Å². The summed E-state index contributed by atoms with van der Waals surface area (Å²) in [5.74, 6) is -0.391. The normalized spacial score (nSPS) is 10.7. The van der Waals surface area contributed by atoms with Gasteiger partial charge in [0, 0.05) is 30.8 Å². The van der Waals surface area contributed by atoms with Crippen molar-refractivity contribution < 1.29 is 4.79 Å². The predicted molar refractivity (Wildman–Crippen MR) is 87.4 cm³/mol. The predicted octanol–water partition coefficient (Wildman–Crippen LogP) is 1.60. The van der Waals surface area contributed by atoms with Crippen molar-refractivity contribution in [2.24, 2.45) is 0 Å². The van der Waals surface area contributed by atoms with Crippen molar-refractivity contribution >= 4 is 16.9 Å². The number of aromatic nitrogens is 3. The lowest BCUT2D eigenvalue weighted by Gasteiger charge is -2.06. The third-order valence-electron chi connectivity index (χ3n) is 3.54. The van der Waals surface area contributed by atoms with Crippen LogP contribution in [0.25, 0.3) is 11.0 Å². The molecule has 0 spiro atoms. The molecule has 0 saturated heterocycles. The van der Waals surface area contributed by atoms with Gasteiger partial charge in [0.05, 0.1) is 5.39 Å². The number of carbonyl (C=O) groups is 1. The minimum Gasteiger partial charge on any atom is -0.352 e. The van der Waals surface area contributed by atoms with Crippen LogP contribution in [0.3, 0.4) is 0 Å². The van der Waals surface area contributed by atoms with Gasteiger partial charge in [-0.2, -0.15) is 0 Å². The second-order valence-corrected chi connectivity index (χ2v) is 5.25. The van der Waals surface area contributed by atoms with Crippen molar-refractivity contribution in [2.75, 3.05) is 6.54 Å². The number of rotatable bonds is 4. The van der Waals surface area contributed by atoms with Gasteiger partial charge in [-0.1, -0.05) is 6.07 Å². The summed E-state index contributed by atoms with van der Waals surface area (Å²) < 4.78 is 0. The Bertz CT molecular complexity index is 903. The van der Waals surface area contributed by atoms with E-state index >= 15 is 0 Å². The highest BCUT2D eigenvalue weighted by atomic mass is 16.2. The first-order valence-corrected chi connectivity index (χ1v) is 7.31. The minimum atomic E-state index is -0.391. The van der Waals surface area contributed by atoms with Gasteiger partial charge in [-0.25, -0.2) is 4.98 Å². The zero-order valence-electron chi connectivity index (χ0n) is 12.7. The van der Waals surface area contributed by atoms with Gasteiger partial charge in [0.2, 0.25) is 5.43 Å². The van der Waals surface area contributed by atoms with Crippen LogP contribution in [0.4, 0.5) is 0 Å². The van der Waals surface area contributed by atoms with E-state index in [1.165, 1.54) is 6.20 Å². The topological polar surface area (TPSA) is 87.7 Å². The first kappa shape index (κ1) is 14.9. The summed E-state index contributed by atoms with van der Waals surface area (Å²) in [6.45, 7) is 2.28. The summed E-state index contributed by atoms with van der Waals surface area (Å²) in [5, 5.41) is 3.17. The van der Waals surface area contributed by atoms with Crippen molar-refractivity contribution in [1.82, 2.24) is 20.3 Å². The highest BCUT2D eigenvalue weighted by Crippen LogP contribution is 2.06. The number of amides is 1. The number of hydrogen-bond acceptors (Lipinski definition) is 4. The Hall–Kier alpha value is -3.02. The van der Waals surface area contributed by atoms with Gasteiger partial charge in [0.1, 0.15) is 11.2 Å². The zero-order valence-corrected chi connectivity index (χ0v) is 12.7. The Morgan fingerprint density at radius 2 is 2.17 bits per heavy atom. The number of nitrogens with one attached hydrogen (secondary N) is 2. The second-order valence-electron chi connectivity index (χ2n) is 5.25. The molecule has 6 heteroatoms.